The Balaban J connectivity index is 2.77. The number of nitrogens with zero attached hydrogens (tertiary/aromatic N) is 1. The van der Waals surface area contributed by atoms with Gasteiger partial charge in [-0.25, -0.2) is 0 Å². The van der Waals surface area contributed by atoms with Gasteiger partial charge in [-0.2, -0.15) is 4.98 Å². The number of methoxy groups -OCH3 is 1. The highest BCUT2D eigenvalue weighted by Gasteiger charge is 2.14. The number of ether oxygens (including phenoxy) is 2. The zero-order chi connectivity index (χ0) is 15.1. The third-order valence-electron chi connectivity index (χ3n) is 2.93. The highest BCUT2D eigenvalue weighted by Crippen LogP contribution is 2.22. The highest BCUT2D eigenvalue weighted by molar-refractivity contribution is 5.53. The van der Waals surface area contributed by atoms with Crippen LogP contribution in [0.3, 0.4) is 0 Å². The van der Waals surface area contributed by atoms with Crippen molar-refractivity contribution in [1.82, 2.24) is 4.98 Å². The third kappa shape index (κ3) is 5.25. The van der Waals surface area contributed by atoms with Crippen molar-refractivity contribution in [3.8, 4) is 5.88 Å². The smallest absolute Gasteiger partial charge is 0.239 e. The van der Waals surface area contributed by atoms with Gasteiger partial charge < -0.3 is 20.5 Å². The molecule has 1 rings (SSSR count). The van der Waals surface area contributed by atoms with Crippen LogP contribution in [0.15, 0.2) is 12.1 Å². The van der Waals surface area contributed by atoms with Gasteiger partial charge in [-0.1, -0.05) is 27.7 Å². The predicted molar refractivity (Wildman–Crippen MR) is 83.1 cm³/mol. The normalized spacial score (nSPS) is 12.8. The number of hydrogen-bond donors (Lipinski definition) is 2. The molecule has 3 N–H and O–H groups in total. The quantitative estimate of drug-likeness (QED) is 0.767. The first kappa shape index (κ1) is 16.6. The summed E-state index contributed by atoms with van der Waals surface area (Å²) in [6.45, 7) is 9.70. The molecule has 0 fully saturated rings. The van der Waals surface area contributed by atoms with Crippen LogP contribution < -0.4 is 15.8 Å². The zero-order valence-corrected chi connectivity index (χ0v) is 13.1. The van der Waals surface area contributed by atoms with E-state index in [1.807, 2.05) is 12.1 Å². The monoisotopic (exact) mass is 281 g/mol. The van der Waals surface area contributed by atoms with E-state index < -0.39 is 0 Å². The van der Waals surface area contributed by atoms with Crippen LogP contribution in [0.2, 0.25) is 0 Å². The molecule has 1 heterocycles. The molecule has 0 bridgehead atoms. The first-order valence-electron chi connectivity index (χ1n) is 7.08. The second-order valence-corrected chi connectivity index (χ2v) is 5.75. The van der Waals surface area contributed by atoms with Crippen molar-refractivity contribution >= 4 is 11.5 Å². The van der Waals surface area contributed by atoms with Crippen LogP contribution in [-0.2, 0) is 4.74 Å². The van der Waals surface area contributed by atoms with E-state index in [2.05, 4.69) is 38.0 Å². The molecule has 0 saturated carbocycles. The molecule has 0 amide bonds. The fraction of sp³-hybridized carbons (Fsp3) is 0.667. The first-order valence-corrected chi connectivity index (χ1v) is 7.08. The van der Waals surface area contributed by atoms with E-state index in [4.69, 9.17) is 15.2 Å². The second-order valence-electron chi connectivity index (χ2n) is 5.75. The van der Waals surface area contributed by atoms with Gasteiger partial charge in [0.25, 0.3) is 0 Å². The van der Waals surface area contributed by atoms with Gasteiger partial charge in [0.15, 0.2) is 0 Å². The molecule has 0 radical (unpaired) electrons. The van der Waals surface area contributed by atoms with Gasteiger partial charge in [-0.3, -0.25) is 0 Å². The number of hydrogen-bond acceptors (Lipinski definition) is 5. The Bertz CT molecular complexity index is 408. The Labute approximate surface area is 121 Å². The third-order valence-corrected chi connectivity index (χ3v) is 2.93. The molecular formula is C15H27N3O2. The number of aromatic nitrogens is 1. The highest BCUT2D eigenvalue weighted by atomic mass is 16.5. The number of rotatable bonds is 8. The fourth-order valence-electron chi connectivity index (χ4n) is 1.66. The molecule has 0 aliphatic carbocycles. The van der Waals surface area contributed by atoms with Crippen LogP contribution in [-0.4, -0.2) is 31.3 Å². The summed E-state index contributed by atoms with van der Waals surface area (Å²) < 4.78 is 10.9. The minimum absolute atomic E-state index is 0.203. The summed E-state index contributed by atoms with van der Waals surface area (Å²) in [5.74, 6) is 2.12. The Kier molecular flexibility index (Phi) is 6.58. The molecular weight excluding hydrogens is 254 g/mol. The minimum atomic E-state index is 0.203. The first-order chi connectivity index (χ1) is 9.43. The maximum Gasteiger partial charge on any atom is 0.239 e. The van der Waals surface area contributed by atoms with Gasteiger partial charge in [-0.15, -0.1) is 0 Å². The molecule has 0 aromatic carbocycles. The standard InChI is InChI=1S/C15H27N3O2/c1-10(2)8-20-15-12(16)6-7-14(18-15)17-13(9-19-5)11(3)4/h6-7,10-11,13H,8-9,16H2,1-5H3,(H,17,18). The van der Waals surface area contributed by atoms with Crippen molar-refractivity contribution in [3.05, 3.63) is 12.1 Å². The van der Waals surface area contributed by atoms with Gasteiger partial charge in [0.2, 0.25) is 5.88 Å². The molecule has 0 aliphatic heterocycles. The van der Waals surface area contributed by atoms with Crippen LogP contribution in [0.4, 0.5) is 11.5 Å². The summed E-state index contributed by atoms with van der Waals surface area (Å²) in [6, 6.07) is 3.88. The summed E-state index contributed by atoms with van der Waals surface area (Å²) >= 11 is 0. The molecule has 5 nitrogen and oxygen atoms in total. The van der Waals surface area contributed by atoms with E-state index in [0.717, 1.165) is 5.82 Å². The lowest BCUT2D eigenvalue weighted by Crippen LogP contribution is -2.30. The number of anilines is 2. The summed E-state index contributed by atoms with van der Waals surface area (Å²) in [7, 11) is 1.70. The van der Waals surface area contributed by atoms with Gasteiger partial charge in [0, 0.05) is 7.11 Å². The molecule has 0 aliphatic rings. The van der Waals surface area contributed by atoms with Crippen molar-refractivity contribution < 1.29 is 9.47 Å². The molecule has 1 atom stereocenters. The largest absolute Gasteiger partial charge is 0.476 e. The van der Waals surface area contributed by atoms with E-state index in [0.29, 0.717) is 36.6 Å². The van der Waals surface area contributed by atoms with E-state index in [9.17, 15) is 0 Å². The summed E-state index contributed by atoms with van der Waals surface area (Å²) in [5, 5.41) is 3.36. The van der Waals surface area contributed by atoms with Crippen molar-refractivity contribution in [3.63, 3.8) is 0 Å². The summed E-state index contributed by atoms with van der Waals surface area (Å²) in [6.07, 6.45) is 0. The van der Waals surface area contributed by atoms with Crippen LogP contribution in [0.5, 0.6) is 5.88 Å². The van der Waals surface area contributed by atoms with E-state index >= 15 is 0 Å². The molecule has 0 saturated heterocycles. The maximum atomic E-state index is 5.88. The topological polar surface area (TPSA) is 69.4 Å². The molecule has 1 aromatic rings. The fourth-order valence-corrected chi connectivity index (χ4v) is 1.66. The Morgan fingerprint density at radius 2 is 1.90 bits per heavy atom. The zero-order valence-electron chi connectivity index (χ0n) is 13.1. The number of nitrogen functional groups attached to an aromatic ring is 1. The molecule has 114 valence electrons. The lowest BCUT2D eigenvalue weighted by molar-refractivity contribution is 0.171. The van der Waals surface area contributed by atoms with Gasteiger partial charge >= 0.3 is 0 Å². The van der Waals surface area contributed by atoms with E-state index in [-0.39, 0.29) is 6.04 Å². The molecule has 20 heavy (non-hydrogen) atoms. The van der Waals surface area contributed by atoms with Gasteiger partial charge in [-0.05, 0) is 24.0 Å². The number of nitrogens with one attached hydrogen (secondary N) is 1. The lowest BCUT2D eigenvalue weighted by atomic mass is 10.1. The molecule has 1 unspecified atom stereocenters. The second kappa shape index (κ2) is 7.94. The predicted octanol–water partition coefficient (Wildman–Crippen LogP) is 2.78. The van der Waals surface area contributed by atoms with Gasteiger partial charge in [0.1, 0.15) is 5.82 Å². The van der Waals surface area contributed by atoms with Crippen LogP contribution in [0, 0.1) is 11.8 Å². The minimum Gasteiger partial charge on any atom is -0.476 e. The van der Waals surface area contributed by atoms with Crippen molar-refractivity contribution in [1.29, 1.82) is 0 Å². The molecule has 1 aromatic heterocycles. The van der Waals surface area contributed by atoms with Crippen LogP contribution in [0.1, 0.15) is 27.7 Å². The lowest BCUT2D eigenvalue weighted by Gasteiger charge is -2.22. The van der Waals surface area contributed by atoms with Crippen molar-refractivity contribution in [2.75, 3.05) is 31.4 Å². The Morgan fingerprint density at radius 3 is 2.45 bits per heavy atom. The maximum absolute atomic E-state index is 5.88. The Hall–Kier alpha value is -1.49. The number of nitrogens with two attached hydrogens (primary N) is 1. The molecule has 0 spiro atoms. The van der Waals surface area contributed by atoms with E-state index in [1.54, 1.807) is 7.11 Å². The van der Waals surface area contributed by atoms with Crippen LogP contribution >= 0.6 is 0 Å². The number of pyridine rings is 1. The summed E-state index contributed by atoms with van der Waals surface area (Å²) in [4.78, 5) is 4.43. The van der Waals surface area contributed by atoms with E-state index in [1.165, 1.54) is 0 Å². The van der Waals surface area contributed by atoms with Crippen LogP contribution in [0.25, 0.3) is 0 Å². The van der Waals surface area contributed by atoms with Gasteiger partial charge in [0.05, 0.1) is 24.9 Å². The SMILES string of the molecule is COCC(Nc1ccc(N)c(OCC(C)C)n1)C(C)C. The summed E-state index contributed by atoms with van der Waals surface area (Å²) in [5.41, 5.74) is 6.44. The average molecular weight is 281 g/mol. The molecule has 5 heteroatoms. The van der Waals surface area contributed by atoms with Crippen molar-refractivity contribution in [2.24, 2.45) is 11.8 Å². The Morgan fingerprint density at radius 1 is 1.20 bits per heavy atom. The van der Waals surface area contributed by atoms with Crippen molar-refractivity contribution in [2.45, 2.75) is 33.7 Å². The average Bonchev–Trinajstić information content (AvgIpc) is 2.38.